The molecule has 0 radical (unpaired) electrons. The van der Waals surface area contributed by atoms with Gasteiger partial charge in [-0.25, -0.2) is 0 Å². The van der Waals surface area contributed by atoms with E-state index in [1.165, 1.54) is 11.8 Å². The van der Waals surface area contributed by atoms with Gasteiger partial charge in [0.05, 0.1) is 18.6 Å². The van der Waals surface area contributed by atoms with Crippen molar-refractivity contribution in [2.45, 2.75) is 17.5 Å². The van der Waals surface area contributed by atoms with Gasteiger partial charge in [0, 0.05) is 35.1 Å². The van der Waals surface area contributed by atoms with Crippen LogP contribution in [-0.4, -0.2) is 29.2 Å². The summed E-state index contributed by atoms with van der Waals surface area (Å²) in [7, 11) is 3.56. The van der Waals surface area contributed by atoms with Crippen LogP contribution < -0.4 is 15.0 Å². The zero-order valence-corrected chi connectivity index (χ0v) is 19.8. The number of carbonyl (C=O) groups is 2. The Morgan fingerprint density at radius 2 is 1.74 bits per heavy atom. The minimum absolute atomic E-state index is 0.115. The number of hydrogen-bond donors (Lipinski definition) is 1. The van der Waals surface area contributed by atoms with Crippen LogP contribution in [0.2, 0.25) is 0 Å². The van der Waals surface area contributed by atoms with E-state index >= 15 is 0 Å². The Hall–Kier alpha value is -3.71. The fourth-order valence-corrected chi connectivity index (χ4v) is 5.60. The molecule has 1 aliphatic rings. The highest BCUT2D eigenvalue weighted by Gasteiger charge is 2.39. The Balaban J connectivity index is 1.63. The summed E-state index contributed by atoms with van der Waals surface area (Å²) >= 11 is 1.49. The molecule has 0 aliphatic carbocycles. The van der Waals surface area contributed by atoms with E-state index in [1.54, 1.807) is 12.0 Å². The molecule has 0 spiro atoms. The molecular formula is C27H25N3O3S. The lowest BCUT2D eigenvalue weighted by molar-refractivity contribution is -0.126. The Kier molecular flexibility index (Phi) is 6.02. The van der Waals surface area contributed by atoms with Crippen LogP contribution in [-0.2, 0) is 23.2 Å². The van der Waals surface area contributed by atoms with Gasteiger partial charge in [-0.1, -0.05) is 48.5 Å². The monoisotopic (exact) mass is 471 g/mol. The molecule has 0 saturated heterocycles. The molecule has 34 heavy (non-hydrogen) atoms. The second-order valence-electron chi connectivity index (χ2n) is 8.15. The number of fused-ring (bicyclic) bond motifs is 3. The summed E-state index contributed by atoms with van der Waals surface area (Å²) < 4.78 is 7.34. The van der Waals surface area contributed by atoms with Crippen molar-refractivity contribution >= 4 is 40.2 Å². The van der Waals surface area contributed by atoms with Crippen molar-refractivity contribution in [1.82, 2.24) is 9.88 Å². The first-order chi connectivity index (χ1) is 16.6. The van der Waals surface area contributed by atoms with Crippen molar-refractivity contribution < 1.29 is 14.3 Å². The molecule has 172 valence electrons. The second-order valence-corrected chi connectivity index (χ2v) is 9.13. The summed E-state index contributed by atoms with van der Waals surface area (Å²) in [5.41, 5.74) is 3.51. The number of rotatable bonds is 5. The molecule has 4 aromatic rings. The normalized spacial score (nSPS) is 15.6. The van der Waals surface area contributed by atoms with Gasteiger partial charge in [-0.2, -0.15) is 0 Å². The number of aromatic nitrogens is 1. The predicted octanol–water partition coefficient (Wildman–Crippen LogP) is 4.68. The van der Waals surface area contributed by atoms with Crippen LogP contribution in [0.3, 0.4) is 0 Å². The number of para-hydroxylation sites is 1. The van der Waals surface area contributed by atoms with E-state index in [9.17, 15) is 9.59 Å². The van der Waals surface area contributed by atoms with Gasteiger partial charge in [0.15, 0.2) is 6.04 Å². The van der Waals surface area contributed by atoms with Gasteiger partial charge < -0.3 is 14.6 Å². The Bertz CT molecular complexity index is 1350. The lowest BCUT2D eigenvalue weighted by Gasteiger charge is -2.30. The van der Waals surface area contributed by atoms with Gasteiger partial charge in [-0.3, -0.25) is 14.5 Å². The highest BCUT2D eigenvalue weighted by atomic mass is 32.2. The van der Waals surface area contributed by atoms with E-state index in [-0.39, 0.29) is 17.6 Å². The lowest BCUT2D eigenvalue weighted by atomic mass is 10.1. The quantitative estimate of drug-likeness (QED) is 0.459. The van der Waals surface area contributed by atoms with E-state index < -0.39 is 6.04 Å². The average molecular weight is 472 g/mol. The fourth-order valence-electron chi connectivity index (χ4n) is 4.47. The third-order valence-corrected chi connectivity index (χ3v) is 7.25. The zero-order valence-electron chi connectivity index (χ0n) is 19.0. The second kappa shape index (κ2) is 9.27. The molecule has 2 amide bonds. The third-order valence-electron chi connectivity index (χ3n) is 6.14. The maximum atomic E-state index is 13.8. The van der Waals surface area contributed by atoms with Crippen LogP contribution in [0.5, 0.6) is 5.75 Å². The van der Waals surface area contributed by atoms with Crippen LogP contribution in [0.25, 0.3) is 10.9 Å². The molecule has 0 fully saturated rings. The number of aryl methyl sites for hydroxylation is 1. The summed E-state index contributed by atoms with van der Waals surface area (Å²) in [6, 6.07) is 24.3. The van der Waals surface area contributed by atoms with Crippen LogP contribution in [0.1, 0.15) is 17.3 Å². The standard InChI is InChI=1S/C27H25N3O3S/c1-29-22-11-7-6-10-21(22)26-24(29)25(27(32)28-16-18-8-4-3-5-9-18)30(23(31)17-34-26)19-12-14-20(33-2)15-13-19/h3-15,25H,16-17H2,1-2H3,(H,28,32)/t25-/m0/s1. The third kappa shape index (κ3) is 3.92. The molecule has 1 aliphatic heterocycles. The molecule has 0 bridgehead atoms. The van der Waals surface area contributed by atoms with Crippen molar-refractivity contribution in [1.29, 1.82) is 0 Å². The lowest BCUT2D eigenvalue weighted by Crippen LogP contribution is -2.44. The number of hydrogen-bond acceptors (Lipinski definition) is 4. The summed E-state index contributed by atoms with van der Waals surface area (Å²) in [6.07, 6.45) is 0. The SMILES string of the molecule is COc1ccc(N2C(=O)CSc3c(n(C)c4ccccc34)[C@H]2C(=O)NCc2ccccc2)cc1. The molecule has 5 rings (SSSR count). The van der Waals surface area contributed by atoms with Crippen LogP contribution in [0.4, 0.5) is 5.69 Å². The zero-order chi connectivity index (χ0) is 23.7. The highest BCUT2D eigenvalue weighted by molar-refractivity contribution is 8.00. The van der Waals surface area contributed by atoms with E-state index in [4.69, 9.17) is 4.74 Å². The summed E-state index contributed by atoms with van der Waals surface area (Å²) in [5.74, 6) is 0.601. The molecule has 1 atom stereocenters. The highest BCUT2D eigenvalue weighted by Crippen LogP contribution is 2.43. The van der Waals surface area contributed by atoms with Crippen molar-refractivity contribution in [3.63, 3.8) is 0 Å². The number of carbonyl (C=O) groups excluding carboxylic acids is 2. The van der Waals surface area contributed by atoms with Crippen molar-refractivity contribution in [3.8, 4) is 5.75 Å². The van der Waals surface area contributed by atoms with E-state index in [0.717, 1.165) is 27.1 Å². The van der Waals surface area contributed by atoms with Gasteiger partial charge in [0.2, 0.25) is 11.8 Å². The maximum Gasteiger partial charge on any atom is 0.249 e. The molecular weight excluding hydrogens is 446 g/mol. The van der Waals surface area contributed by atoms with Crippen LogP contribution >= 0.6 is 11.8 Å². The number of nitrogens with one attached hydrogen (secondary N) is 1. The minimum atomic E-state index is -0.813. The molecule has 1 aromatic heterocycles. The predicted molar refractivity (Wildman–Crippen MR) is 135 cm³/mol. The minimum Gasteiger partial charge on any atom is -0.497 e. The smallest absolute Gasteiger partial charge is 0.249 e. The molecule has 1 N–H and O–H groups in total. The Labute approximate surface area is 202 Å². The number of thioether (sulfide) groups is 1. The molecule has 7 heteroatoms. The number of methoxy groups -OCH3 is 1. The first-order valence-electron chi connectivity index (χ1n) is 11.1. The number of nitrogens with zero attached hydrogens (tertiary/aromatic N) is 2. The Morgan fingerprint density at radius 3 is 2.47 bits per heavy atom. The summed E-state index contributed by atoms with van der Waals surface area (Å²) in [6.45, 7) is 0.382. The number of ether oxygens (including phenoxy) is 1. The average Bonchev–Trinajstić information content (AvgIpc) is 3.05. The van der Waals surface area contributed by atoms with Gasteiger partial charge in [0.25, 0.3) is 0 Å². The molecule has 2 heterocycles. The summed E-state index contributed by atoms with van der Waals surface area (Å²) in [4.78, 5) is 29.9. The molecule has 6 nitrogen and oxygen atoms in total. The first kappa shape index (κ1) is 22.1. The molecule has 0 saturated carbocycles. The van der Waals surface area contributed by atoms with Crippen molar-refractivity contribution in [3.05, 3.63) is 90.1 Å². The van der Waals surface area contributed by atoms with E-state index in [1.807, 2.05) is 90.5 Å². The maximum absolute atomic E-state index is 13.8. The largest absolute Gasteiger partial charge is 0.497 e. The van der Waals surface area contributed by atoms with E-state index in [0.29, 0.717) is 18.0 Å². The number of amides is 2. The van der Waals surface area contributed by atoms with Gasteiger partial charge in [0.1, 0.15) is 5.75 Å². The van der Waals surface area contributed by atoms with Crippen LogP contribution in [0, 0.1) is 0 Å². The topological polar surface area (TPSA) is 63.6 Å². The van der Waals surface area contributed by atoms with E-state index in [2.05, 4.69) is 5.32 Å². The van der Waals surface area contributed by atoms with Crippen molar-refractivity contribution in [2.75, 3.05) is 17.8 Å². The fraction of sp³-hybridized carbons (Fsp3) is 0.185. The van der Waals surface area contributed by atoms with Gasteiger partial charge >= 0.3 is 0 Å². The molecule has 3 aromatic carbocycles. The number of benzene rings is 3. The van der Waals surface area contributed by atoms with Gasteiger partial charge in [-0.05, 0) is 35.9 Å². The van der Waals surface area contributed by atoms with Crippen molar-refractivity contribution in [2.24, 2.45) is 7.05 Å². The Morgan fingerprint density at radius 1 is 1.03 bits per heavy atom. The number of anilines is 1. The summed E-state index contributed by atoms with van der Waals surface area (Å²) in [5, 5.41) is 4.12. The van der Waals surface area contributed by atoms with Crippen LogP contribution in [0.15, 0.2) is 83.8 Å². The first-order valence-corrected chi connectivity index (χ1v) is 12.0. The molecule has 0 unspecified atom stereocenters. The van der Waals surface area contributed by atoms with Gasteiger partial charge in [-0.15, -0.1) is 11.8 Å².